The average molecular weight is 259 g/mol. The number of benzene rings is 1. The molecule has 1 aromatic carbocycles. The fourth-order valence-electron chi connectivity index (χ4n) is 1.88. The Balaban J connectivity index is 2.44. The van der Waals surface area contributed by atoms with Crippen LogP contribution in [0.1, 0.15) is 30.1 Å². The maximum Gasteiger partial charge on any atom is 0.251 e. The Labute approximate surface area is 111 Å². The summed E-state index contributed by atoms with van der Waals surface area (Å²) in [4.78, 5) is 18.7. The van der Waals surface area contributed by atoms with E-state index in [1.54, 1.807) is 0 Å². The highest BCUT2D eigenvalue weighted by Gasteiger charge is 2.17. The van der Waals surface area contributed by atoms with Crippen molar-refractivity contribution in [1.82, 2.24) is 9.97 Å². The minimum atomic E-state index is -0.384. The second-order valence-corrected chi connectivity index (χ2v) is 4.07. The Morgan fingerprint density at radius 2 is 2.11 bits per heavy atom. The van der Waals surface area contributed by atoms with Gasteiger partial charge in [-0.3, -0.25) is 4.79 Å². The van der Waals surface area contributed by atoms with E-state index < -0.39 is 0 Å². The zero-order valence-corrected chi connectivity index (χ0v) is 10.8. The normalized spacial score (nSPS) is 12.3. The van der Waals surface area contributed by atoms with E-state index in [0.717, 1.165) is 5.56 Å². The lowest BCUT2D eigenvalue weighted by molar-refractivity contribution is 0.0847. The van der Waals surface area contributed by atoms with Crippen LogP contribution in [0.15, 0.2) is 41.2 Å². The molecule has 0 amide bonds. The first-order valence-corrected chi connectivity index (χ1v) is 6.21. The lowest BCUT2D eigenvalue weighted by atomic mass is 10.1. The minimum Gasteiger partial charge on any atom is -0.366 e. The highest BCUT2D eigenvalue weighted by Crippen LogP contribution is 2.22. The summed E-state index contributed by atoms with van der Waals surface area (Å²) >= 11 is 0. The fraction of sp³-hybridized carbons (Fsp3) is 0.286. The quantitative estimate of drug-likeness (QED) is 0.849. The third-order valence-electron chi connectivity index (χ3n) is 2.71. The maximum absolute atomic E-state index is 11.6. The van der Waals surface area contributed by atoms with E-state index in [1.807, 2.05) is 37.3 Å². The monoisotopic (exact) mass is 259 g/mol. The molecule has 0 aliphatic rings. The Kier molecular flexibility index (Phi) is 4.43. The summed E-state index contributed by atoms with van der Waals surface area (Å²) in [6, 6.07) is 11.1. The molecule has 0 aliphatic carbocycles. The van der Waals surface area contributed by atoms with Crippen molar-refractivity contribution >= 4 is 0 Å². The number of nitrogens with two attached hydrogens (primary N) is 1. The van der Waals surface area contributed by atoms with Crippen LogP contribution in [-0.2, 0) is 11.3 Å². The molecule has 1 aromatic heterocycles. The van der Waals surface area contributed by atoms with Gasteiger partial charge in [0.15, 0.2) is 0 Å². The van der Waals surface area contributed by atoms with Gasteiger partial charge in [0.25, 0.3) is 5.56 Å². The zero-order valence-electron chi connectivity index (χ0n) is 10.8. The van der Waals surface area contributed by atoms with Crippen molar-refractivity contribution in [2.45, 2.75) is 19.6 Å². The van der Waals surface area contributed by atoms with Crippen molar-refractivity contribution in [3.63, 3.8) is 0 Å². The number of nitrogens with zero attached hydrogens (tertiary/aromatic N) is 1. The molecule has 0 fully saturated rings. The van der Waals surface area contributed by atoms with Crippen molar-refractivity contribution < 1.29 is 4.74 Å². The molecule has 5 heteroatoms. The predicted molar refractivity (Wildman–Crippen MR) is 72.7 cm³/mol. The number of nitrogens with one attached hydrogen (secondary N) is 1. The molecule has 2 aromatic rings. The van der Waals surface area contributed by atoms with Crippen LogP contribution in [0, 0.1) is 0 Å². The summed E-state index contributed by atoms with van der Waals surface area (Å²) in [5.74, 6) is 0.487. The fourth-order valence-corrected chi connectivity index (χ4v) is 1.88. The van der Waals surface area contributed by atoms with E-state index in [9.17, 15) is 4.79 Å². The Morgan fingerprint density at radius 1 is 1.37 bits per heavy atom. The number of H-pyrrole nitrogens is 1. The van der Waals surface area contributed by atoms with Crippen LogP contribution >= 0.6 is 0 Å². The van der Waals surface area contributed by atoms with Gasteiger partial charge in [0.05, 0.1) is 5.69 Å². The first kappa shape index (κ1) is 13.5. The third kappa shape index (κ3) is 3.27. The number of aromatic nitrogens is 2. The number of hydrogen-bond donors (Lipinski definition) is 2. The topological polar surface area (TPSA) is 81.0 Å². The number of hydrogen-bond acceptors (Lipinski definition) is 4. The Hall–Kier alpha value is -1.98. The summed E-state index contributed by atoms with van der Waals surface area (Å²) in [5, 5.41) is 0. The van der Waals surface area contributed by atoms with Gasteiger partial charge < -0.3 is 15.5 Å². The molecule has 2 rings (SSSR count). The first-order chi connectivity index (χ1) is 9.24. The van der Waals surface area contributed by atoms with E-state index in [-0.39, 0.29) is 18.2 Å². The van der Waals surface area contributed by atoms with E-state index in [0.29, 0.717) is 18.1 Å². The molecule has 0 spiro atoms. The van der Waals surface area contributed by atoms with E-state index in [1.165, 1.54) is 6.07 Å². The van der Waals surface area contributed by atoms with Crippen molar-refractivity contribution in [2.24, 2.45) is 5.73 Å². The van der Waals surface area contributed by atoms with Crippen molar-refractivity contribution in [3.8, 4) is 0 Å². The molecule has 0 aliphatic heterocycles. The van der Waals surface area contributed by atoms with E-state index in [4.69, 9.17) is 10.5 Å². The van der Waals surface area contributed by atoms with Crippen molar-refractivity contribution in [2.75, 3.05) is 6.61 Å². The van der Waals surface area contributed by atoms with Gasteiger partial charge in [0.2, 0.25) is 0 Å². The lowest BCUT2D eigenvalue weighted by Gasteiger charge is -2.17. The number of aromatic amines is 1. The molecular weight excluding hydrogens is 242 g/mol. The van der Waals surface area contributed by atoms with Gasteiger partial charge >= 0.3 is 0 Å². The summed E-state index contributed by atoms with van der Waals surface area (Å²) in [7, 11) is 0. The molecule has 0 bridgehead atoms. The van der Waals surface area contributed by atoms with Crippen LogP contribution in [0.5, 0.6) is 0 Å². The molecule has 19 heavy (non-hydrogen) atoms. The largest absolute Gasteiger partial charge is 0.366 e. The van der Waals surface area contributed by atoms with Gasteiger partial charge in [-0.2, -0.15) is 0 Å². The molecule has 3 N–H and O–H groups in total. The average Bonchev–Trinajstić information content (AvgIpc) is 2.45. The smallest absolute Gasteiger partial charge is 0.251 e. The molecule has 0 saturated carbocycles. The second-order valence-electron chi connectivity index (χ2n) is 4.07. The van der Waals surface area contributed by atoms with Gasteiger partial charge in [-0.25, -0.2) is 4.98 Å². The second kappa shape index (κ2) is 6.26. The van der Waals surface area contributed by atoms with Gasteiger partial charge in [-0.15, -0.1) is 0 Å². The van der Waals surface area contributed by atoms with Crippen LogP contribution in [0.25, 0.3) is 0 Å². The molecule has 0 saturated heterocycles. The lowest BCUT2D eigenvalue weighted by Crippen LogP contribution is -2.19. The molecule has 0 radical (unpaired) electrons. The van der Waals surface area contributed by atoms with E-state index >= 15 is 0 Å². The molecule has 1 unspecified atom stereocenters. The van der Waals surface area contributed by atoms with Gasteiger partial charge in [-0.1, -0.05) is 30.3 Å². The number of ether oxygens (including phenoxy) is 1. The van der Waals surface area contributed by atoms with Crippen LogP contribution in [0.2, 0.25) is 0 Å². The van der Waals surface area contributed by atoms with Crippen LogP contribution in [-0.4, -0.2) is 16.6 Å². The summed E-state index contributed by atoms with van der Waals surface area (Å²) in [5.41, 5.74) is 6.83. The Bertz CT molecular complexity index is 581. The van der Waals surface area contributed by atoms with Crippen LogP contribution in [0.3, 0.4) is 0 Å². The van der Waals surface area contributed by atoms with Crippen LogP contribution in [0.4, 0.5) is 0 Å². The standard InChI is InChI=1S/C14H17N3O2/c1-2-19-13(10-6-4-3-5-7-10)14-16-11(9-15)8-12(18)17-14/h3-8,13H,2,9,15H2,1H3,(H,16,17,18). The number of rotatable bonds is 5. The van der Waals surface area contributed by atoms with Crippen molar-refractivity contribution in [1.29, 1.82) is 0 Å². The predicted octanol–water partition coefficient (Wildman–Crippen LogP) is 1.35. The van der Waals surface area contributed by atoms with E-state index in [2.05, 4.69) is 9.97 Å². The molecule has 1 heterocycles. The molecule has 100 valence electrons. The van der Waals surface area contributed by atoms with Crippen LogP contribution < -0.4 is 11.3 Å². The highest BCUT2D eigenvalue weighted by molar-refractivity contribution is 5.23. The Morgan fingerprint density at radius 3 is 2.74 bits per heavy atom. The van der Waals surface area contributed by atoms with Gasteiger partial charge in [0.1, 0.15) is 11.9 Å². The van der Waals surface area contributed by atoms with Gasteiger partial charge in [0, 0.05) is 19.2 Å². The first-order valence-electron chi connectivity index (χ1n) is 6.21. The summed E-state index contributed by atoms with van der Waals surface area (Å²) < 4.78 is 5.70. The molecule has 1 atom stereocenters. The highest BCUT2D eigenvalue weighted by atomic mass is 16.5. The summed E-state index contributed by atoms with van der Waals surface area (Å²) in [6.07, 6.45) is -0.384. The maximum atomic E-state index is 11.6. The summed E-state index contributed by atoms with van der Waals surface area (Å²) in [6.45, 7) is 2.65. The molecule has 5 nitrogen and oxygen atoms in total. The van der Waals surface area contributed by atoms with Crippen molar-refractivity contribution in [3.05, 3.63) is 63.8 Å². The minimum absolute atomic E-state index is 0.217. The SMILES string of the molecule is CCOC(c1ccccc1)c1nc(CN)cc(=O)[nH]1. The molecular formula is C14H17N3O2. The van der Waals surface area contributed by atoms with Gasteiger partial charge in [-0.05, 0) is 12.5 Å². The third-order valence-corrected chi connectivity index (χ3v) is 2.71. The zero-order chi connectivity index (χ0) is 13.7.